The molecule has 0 unspecified atom stereocenters. The van der Waals surface area contributed by atoms with Crippen LogP contribution in [0.5, 0.6) is 5.88 Å². The molecule has 1 rings (SSSR count). The molecule has 0 radical (unpaired) electrons. The molecule has 1 aromatic heterocycles. The summed E-state index contributed by atoms with van der Waals surface area (Å²) in [5, 5.41) is 3.14. The highest BCUT2D eigenvalue weighted by Crippen LogP contribution is 2.09. The van der Waals surface area contributed by atoms with Gasteiger partial charge in [-0.25, -0.2) is 4.98 Å². The third-order valence-electron chi connectivity index (χ3n) is 1.33. The zero-order valence-corrected chi connectivity index (χ0v) is 8.79. The van der Waals surface area contributed by atoms with Crippen LogP contribution in [0.1, 0.15) is 20.8 Å². The highest BCUT2D eigenvalue weighted by Gasteiger charge is 1.91. The molecule has 3 heteroatoms. The summed E-state index contributed by atoms with van der Waals surface area (Å²) < 4.78 is 4.91. The lowest BCUT2D eigenvalue weighted by atomic mass is 10.4. The number of hydrogen-bond donors (Lipinski definition) is 1. The average molecular weight is 182 g/mol. The number of nitrogens with one attached hydrogen (secondary N) is 1. The molecular weight excluding hydrogens is 164 g/mol. The van der Waals surface area contributed by atoms with Crippen molar-refractivity contribution in [2.75, 3.05) is 19.0 Å². The van der Waals surface area contributed by atoms with Crippen molar-refractivity contribution in [3.8, 4) is 5.88 Å². The van der Waals surface area contributed by atoms with Crippen LogP contribution in [-0.2, 0) is 0 Å². The Morgan fingerprint density at radius 3 is 2.46 bits per heavy atom. The van der Waals surface area contributed by atoms with Crippen LogP contribution in [0.15, 0.2) is 18.3 Å². The maximum atomic E-state index is 4.91. The minimum atomic E-state index is 0.645. The molecule has 3 nitrogen and oxygen atoms in total. The van der Waals surface area contributed by atoms with E-state index >= 15 is 0 Å². The summed E-state index contributed by atoms with van der Waals surface area (Å²) in [7, 11) is 1.61. The van der Waals surface area contributed by atoms with Crippen LogP contribution >= 0.6 is 0 Å². The first kappa shape index (κ1) is 11.8. The number of anilines is 1. The van der Waals surface area contributed by atoms with Crippen molar-refractivity contribution >= 4 is 5.69 Å². The van der Waals surface area contributed by atoms with Gasteiger partial charge in [0.1, 0.15) is 0 Å². The summed E-state index contributed by atoms with van der Waals surface area (Å²) in [5.41, 5.74) is 1.02. The monoisotopic (exact) mass is 182 g/mol. The number of nitrogens with zero attached hydrogens (tertiary/aromatic N) is 1. The molecule has 1 heterocycles. The molecule has 74 valence electrons. The van der Waals surface area contributed by atoms with Crippen molar-refractivity contribution in [3.63, 3.8) is 0 Å². The van der Waals surface area contributed by atoms with Crippen LogP contribution in [-0.4, -0.2) is 18.6 Å². The second-order valence-electron chi connectivity index (χ2n) is 2.12. The van der Waals surface area contributed by atoms with Gasteiger partial charge in [-0.3, -0.25) is 0 Å². The first-order valence-corrected chi connectivity index (χ1v) is 4.60. The van der Waals surface area contributed by atoms with E-state index in [2.05, 4.69) is 10.3 Å². The van der Waals surface area contributed by atoms with Gasteiger partial charge < -0.3 is 10.1 Å². The zero-order valence-electron chi connectivity index (χ0n) is 8.79. The topological polar surface area (TPSA) is 34.1 Å². The molecule has 0 fully saturated rings. The smallest absolute Gasteiger partial charge is 0.213 e. The summed E-state index contributed by atoms with van der Waals surface area (Å²) in [6.45, 7) is 6.96. The van der Waals surface area contributed by atoms with E-state index in [4.69, 9.17) is 4.74 Å². The number of aromatic nitrogens is 1. The van der Waals surface area contributed by atoms with Gasteiger partial charge in [0.15, 0.2) is 0 Å². The Balaban J connectivity index is 0.000000671. The summed E-state index contributed by atoms with van der Waals surface area (Å²) >= 11 is 0. The standard InChI is InChI=1S/C8H12N2O.C2H6/c1-3-9-7-4-5-8(11-2)10-6-7;1-2/h4-6,9H,3H2,1-2H3;1-2H3. The van der Waals surface area contributed by atoms with E-state index < -0.39 is 0 Å². The lowest BCUT2D eigenvalue weighted by molar-refractivity contribution is 0.398. The van der Waals surface area contributed by atoms with Crippen molar-refractivity contribution in [1.29, 1.82) is 0 Å². The Morgan fingerprint density at radius 2 is 2.08 bits per heavy atom. The van der Waals surface area contributed by atoms with Gasteiger partial charge in [0.25, 0.3) is 0 Å². The number of ether oxygens (including phenoxy) is 1. The van der Waals surface area contributed by atoms with E-state index in [1.54, 1.807) is 13.3 Å². The van der Waals surface area contributed by atoms with Crippen LogP contribution < -0.4 is 10.1 Å². The summed E-state index contributed by atoms with van der Waals surface area (Å²) in [5.74, 6) is 0.645. The van der Waals surface area contributed by atoms with Gasteiger partial charge in [-0.2, -0.15) is 0 Å². The van der Waals surface area contributed by atoms with Gasteiger partial charge in [0.05, 0.1) is 19.0 Å². The van der Waals surface area contributed by atoms with Crippen molar-refractivity contribution in [1.82, 2.24) is 4.98 Å². The fourth-order valence-corrected chi connectivity index (χ4v) is 0.810. The minimum absolute atomic E-state index is 0.645. The molecule has 0 aliphatic rings. The Labute approximate surface area is 80.1 Å². The Hall–Kier alpha value is -1.25. The fourth-order valence-electron chi connectivity index (χ4n) is 0.810. The van der Waals surface area contributed by atoms with E-state index in [9.17, 15) is 0 Å². The van der Waals surface area contributed by atoms with Crippen LogP contribution in [0.3, 0.4) is 0 Å². The van der Waals surface area contributed by atoms with Crippen LogP contribution in [0.4, 0.5) is 5.69 Å². The molecule has 0 atom stereocenters. The van der Waals surface area contributed by atoms with E-state index in [0.717, 1.165) is 12.2 Å². The second-order valence-corrected chi connectivity index (χ2v) is 2.12. The van der Waals surface area contributed by atoms with Crippen LogP contribution in [0.2, 0.25) is 0 Å². The SMILES string of the molecule is CC.CCNc1ccc(OC)nc1. The maximum Gasteiger partial charge on any atom is 0.213 e. The Bertz CT molecular complexity index is 209. The van der Waals surface area contributed by atoms with Gasteiger partial charge in [0, 0.05) is 12.6 Å². The number of pyridine rings is 1. The number of methoxy groups -OCH3 is 1. The predicted octanol–water partition coefficient (Wildman–Crippen LogP) is 2.55. The molecule has 1 N–H and O–H groups in total. The molecule has 0 saturated heterocycles. The summed E-state index contributed by atoms with van der Waals surface area (Å²) in [6, 6.07) is 3.77. The largest absolute Gasteiger partial charge is 0.481 e. The van der Waals surface area contributed by atoms with Crippen molar-refractivity contribution in [2.45, 2.75) is 20.8 Å². The zero-order chi connectivity index (χ0) is 10.1. The van der Waals surface area contributed by atoms with Gasteiger partial charge in [-0.05, 0) is 13.0 Å². The first-order valence-electron chi connectivity index (χ1n) is 4.60. The molecule has 1 aromatic rings. The van der Waals surface area contributed by atoms with Gasteiger partial charge in [-0.1, -0.05) is 13.8 Å². The first-order chi connectivity index (χ1) is 6.36. The molecule has 0 aliphatic heterocycles. The lowest BCUT2D eigenvalue weighted by Crippen LogP contribution is -1.96. The molecule has 13 heavy (non-hydrogen) atoms. The normalized spacial score (nSPS) is 8.31. The lowest BCUT2D eigenvalue weighted by Gasteiger charge is -2.02. The molecule has 0 saturated carbocycles. The predicted molar refractivity (Wildman–Crippen MR) is 56.3 cm³/mol. The van der Waals surface area contributed by atoms with E-state index in [0.29, 0.717) is 5.88 Å². The van der Waals surface area contributed by atoms with Crippen molar-refractivity contribution < 1.29 is 4.74 Å². The Morgan fingerprint density at radius 1 is 1.38 bits per heavy atom. The highest BCUT2D eigenvalue weighted by atomic mass is 16.5. The van der Waals surface area contributed by atoms with Gasteiger partial charge >= 0.3 is 0 Å². The van der Waals surface area contributed by atoms with Crippen LogP contribution in [0.25, 0.3) is 0 Å². The third kappa shape index (κ3) is 4.35. The van der Waals surface area contributed by atoms with E-state index in [1.807, 2.05) is 32.9 Å². The molecule has 0 aliphatic carbocycles. The Kier molecular flexibility index (Phi) is 6.69. The molecule has 0 aromatic carbocycles. The van der Waals surface area contributed by atoms with Gasteiger partial charge in [0.2, 0.25) is 5.88 Å². The number of rotatable bonds is 3. The van der Waals surface area contributed by atoms with E-state index in [1.165, 1.54) is 0 Å². The van der Waals surface area contributed by atoms with Gasteiger partial charge in [-0.15, -0.1) is 0 Å². The summed E-state index contributed by atoms with van der Waals surface area (Å²) in [4.78, 5) is 4.03. The molecule has 0 bridgehead atoms. The average Bonchev–Trinajstić information content (AvgIpc) is 2.23. The van der Waals surface area contributed by atoms with E-state index in [-0.39, 0.29) is 0 Å². The minimum Gasteiger partial charge on any atom is -0.481 e. The molecular formula is C10H18N2O. The van der Waals surface area contributed by atoms with Crippen molar-refractivity contribution in [2.24, 2.45) is 0 Å². The molecule has 0 spiro atoms. The summed E-state index contributed by atoms with van der Waals surface area (Å²) in [6.07, 6.45) is 1.75. The fraction of sp³-hybridized carbons (Fsp3) is 0.500. The van der Waals surface area contributed by atoms with Crippen molar-refractivity contribution in [3.05, 3.63) is 18.3 Å². The quantitative estimate of drug-likeness (QED) is 0.780. The maximum absolute atomic E-state index is 4.91. The number of hydrogen-bond acceptors (Lipinski definition) is 3. The molecule has 0 amide bonds. The third-order valence-corrected chi connectivity index (χ3v) is 1.33. The van der Waals surface area contributed by atoms with Crippen LogP contribution in [0, 0.1) is 0 Å². The highest BCUT2D eigenvalue weighted by molar-refractivity contribution is 5.41. The second kappa shape index (κ2) is 7.40.